The Morgan fingerprint density at radius 1 is 1.05 bits per heavy atom. The van der Waals surface area contributed by atoms with Crippen molar-refractivity contribution in [1.29, 1.82) is 0 Å². The molecule has 0 heterocycles. The summed E-state index contributed by atoms with van der Waals surface area (Å²) in [5.41, 5.74) is 5.29. The molecule has 0 bridgehead atoms. The monoisotopic (exact) mass is 295 g/mol. The molecule has 0 saturated heterocycles. The third-order valence-electron chi connectivity index (χ3n) is 4.55. The predicted molar refractivity (Wildman–Crippen MR) is 90.9 cm³/mol. The van der Waals surface area contributed by atoms with Crippen LogP contribution in [0.2, 0.25) is 0 Å². The van der Waals surface area contributed by atoms with E-state index in [1.54, 1.807) is 0 Å². The van der Waals surface area contributed by atoms with E-state index in [1.807, 2.05) is 12.1 Å². The Hall–Kier alpha value is -1.64. The standard InChI is InChI=1S/C20H25NO/c1-20(2,3)16-10-8-14(9-11-16)13-21-19-17-7-5-4-6-15(17)12-18(19)22/h4-11,18-19,21-22H,12-13H2,1-3H3/t18-,19+/m0/s1. The summed E-state index contributed by atoms with van der Waals surface area (Å²) < 4.78 is 0. The van der Waals surface area contributed by atoms with Gasteiger partial charge >= 0.3 is 0 Å². The summed E-state index contributed by atoms with van der Waals surface area (Å²) in [6.45, 7) is 7.46. The Labute approximate surface area is 133 Å². The van der Waals surface area contributed by atoms with Crippen molar-refractivity contribution in [3.63, 3.8) is 0 Å². The van der Waals surface area contributed by atoms with E-state index in [-0.39, 0.29) is 17.6 Å². The van der Waals surface area contributed by atoms with E-state index in [4.69, 9.17) is 0 Å². The summed E-state index contributed by atoms with van der Waals surface area (Å²) >= 11 is 0. The average molecular weight is 295 g/mol. The number of fused-ring (bicyclic) bond motifs is 1. The molecule has 116 valence electrons. The van der Waals surface area contributed by atoms with E-state index in [1.165, 1.54) is 22.3 Å². The fourth-order valence-corrected chi connectivity index (χ4v) is 3.17. The lowest BCUT2D eigenvalue weighted by Gasteiger charge is -2.20. The molecule has 0 radical (unpaired) electrons. The zero-order chi connectivity index (χ0) is 15.7. The number of benzene rings is 2. The maximum atomic E-state index is 10.3. The van der Waals surface area contributed by atoms with Gasteiger partial charge in [0.2, 0.25) is 0 Å². The molecule has 0 fully saturated rings. The Morgan fingerprint density at radius 3 is 2.41 bits per heavy atom. The highest BCUT2D eigenvalue weighted by Gasteiger charge is 2.30. The molecule has 2 aromatic rings. The second-order valence-corrected chi connectivity index (χ2v) is 7.28. The van der Waals surface area contributed by atoms with Crippen molar-refractivity contribution in [1.82, 2.24) is 5.32 Å². The lowest BCUT2D eigenvalue weighted by molar-refractivity contribution is 0.140. The van der Waals surface area contributed by atoms with Gasteiger partial charge in [0.15, 0.2) is 0 Å². The smallest absolute Gasteiger partial charge is 0.0775 e. The van der Waals surface area contributed by atoms with Crippen LogP contribution >= 0.6 is 0 Å². The first-order chi connectivity index (χ1) is 10.4. The Bertz CT molecular complexity index is 640. The molecule has 0 saturated carbocycles. The lowest BCUT2D eigenvalue weighted by Crippen LogP contribution is -2.28. The highest BCUT2D eigenvalue weighted by molar-refractivity contribution is 5.36. The summed E-state index contributed by atoms with van der Waals surface area (Å²) in [6.07, 6.45) is 0.419. The highest BCUT2D eigenvalue weighted by atomic mass is 16.3. The molecule has 1 aliphatic carbocycles. The van der Waals surface area contributed by atoms with Crippen molar-refractivity contribution in [3.8, 4) is 0 Å². The SMILES string of the molecule is CC(C)(C)c1ccc(CN[C@@H]2c3ccccc3C[C@@H]2O)cc1. The van der Waals surface area contributed by atoms with Gasteiger partial charge in [-0.3, -0.25) is 0 Å². The van der Waals surface area contributed by atoms with Gasteiger partial charge in [0, 0.05) is 13.0 Å². The predicted octanol–water partition coefficient (Wildman–Crippen LogP) is 3.73. The molecule has 2 aromatic carbocycles. The molecular formula is C20H25NO. The second kappa shape index (κ2) is 5.86. The first-order valence-corrected chi connectivity index (χ1v) is 8.04. The van der Waals surface area contributed by atoms with E-state index >= 15 is 0 Å². The normalized spacial score (nSPS) is 20.9. The zero-order valence-corrected chi connectivity index (χ0v) is 13.6. The molecule has 2 nitrogen and oxygen atoms in total. The van der Waals surface area contributed by atoms with Gasteiger partial charge in [-0.1, -0.05) is 69.3 Å². The number of aliphatic hydroxyl groups is 1. The molecule has 22 heavy (non-hydrogen) atoms. The largest absolute Gasteiger partial charge is 0.391 e. The number of nitrogens with one attached hydrogen (secondary N) is 1. The van der Waals surface area contributed by atoms with Crippen molar-refractivity contribution in [2.45, 2.75) is 51.3 Å². The van der Waals surface area contributed by atoms with Gasteiger partial charge in [0.25, 0.3) is 0 Å². The summed E-state index contributed by atoms with van der Waals surface area (Å²) in [5.74, 6) is 0. The van der Waals surface area contributed by atoms with Crippen molar-refractivity contribution in [2.24, 2.45) is 0 Å². The van der Waals surface area contributed by atoms with Crippen molar-refractivity contribution < 1.29 is 5.11 Å². The molecule has 0 aliphatic heterocycles. The molecule has 1 aliphatic rings. The lowest BCUT2D eigenvalue weighted by atomic mass is 9.87. The van der Waals surface area contributed by atoms with Crippen LogP contribution in [-0.4, -0.2) is 11.2 Å². The number of aliphatic hydroxyl groups excluding tert-OH is 1. The average Bonchev–Trinajstić information content (AvgIpc) is 2.80. The Kier molecular flexibility index (Phi) is 4.07. The zero-order valence-electron chi connectivity index (χ0n) is 13.6. The minimum absolute atomic E-state index is 0.0403. The maximum absolute atomic E-state index is 10.3. The van der Waals surface area contributed by atoms with Crippen LogP contribution in [0.15, 0.2) is 48.5 Å². The number of hydrogen-bond donors (Lipinski definition) is 2. The minimum Gasteiger partial charge on any atom is -0.391 e. The Balaban J connectivity index is 1.68. The van der Waals surface area contributed by atoms with Gasteiger partial charge in [-0.05, 0) is 27.7 Å². The van der Waals surface area contributed by atoms with Crippen LogP contribution in [-0.2, 0) is 18.4 Å². The van der Waals surface area contributed by atoms with Gasteiger partial charge < -0.3 is 10.4 Å². The summed E-state index contributed by atoms with van der Waals surface area (Å²) in [5, 5.41) is 13.8. The number of hydrogen-bond acceptors (Lipinski definition) is 2. The van der Waals surface area contributed by atoms with E-state index in [2.05, 4.69) is 62.5 Å². The molecular weight excluding hydrogens is 270 g/mol. The second-order valence-electron chi connectivity index (χ2n) is 7.28. The van der Waals surface area contributed by atoms with Gasteiger partial charge in [-0.15, -0.1) is 0 Å². The molecule has 2 heteroatoms. The van der Waals surface area contributed by atoms with Gasteiger partial charge in [-0.25, -0.2) is 0 Å². The van der Waals surface area contributed by atoms with Gasteiger partial charge in [0.05, 0.1) is 12.1 Å². The van der Waals surface area contributed by atoms with Crippen molar-refractivity contribution >= 4 is 0 Å². The highest BCUT2D eigenvalue weighted by Crippen LogP contribution is 2.31. The van der Waals surface area contributed by atoms with E-state index in [0.717, 1.165) is 13.0 Å². The molecule has 2 N–H and O–H groups in total. The van der Waals surface area contributed by atoms with Crippen molar-refractivity contribution in [3.05, 3.63) is 70.8 Å². The van der Waals surface area contributed by atoms with Crippen LogP contribution in [0.3, 0.4) is 0 Å². The molecule has 3 rings (SSSR count). The third-order valence-corrected chi connectivity index (χ3v) is 4.55. The number of rotatable bonds is 3. The van der Waals surface area contributed by atoms with Crippen LogP contribution in [0.25, 0.3) is 0 Å². The van der Waals surface area contributed by atoms with Gasteiger partial charge in [-0.2, -0.15) is 0 Å². The van der Waals surface area contributed by atoms with Crippen LogP contribution in [0.1, 0.15) is 49.1 Å². The van der Waals surface area contributed by atoms with E-state index in [0.29, 0.717) is 0 Å². The quantitative estimate of drug-likeness (QED) is 0.904. The third kappa shape index (κ3) is 3.08. The fourth-order valence-electron chi connectivity index (χ4n) is 3.17. The first-order valence-electron chi connectivity index (χ1n) is 8.04. The van der Waals surface area contributed by atoms with Crippen LogP contribution < -0.4 is 5.32 Å². The van der Waals surface area contributed by atoms with Crippen LogP contribution in [0.4, 0.5) is 0 Å². The van der Waals surface area contributed by atoms with Crippen molar-refractivity contribution in [2.75, 3.05) is 0 Å². The Morgan fingerprint density at radius 2 is 1.73 bits per heavy atom. The molecule has 0 unspecified atom stereocenters. The topological polar surface area (TPSA) is 32.3 Å². The van der Waals surface area contributed by atoms with E-state index < -0.39 is 0 Å². The fraction of sp³-hybridized carbons (Fsp3) is 0.400. The summed E-state index contributed by atoms with van der Waals surface area (Å²) in [6, 6.07) is 17.1. The van der Waals surface area contributed by atoms with Crippen LogP contribution in [0, 0.1) is 0 Å². The first kappa shape index (κ1) is 15.3. The maximum Gasteiger partial charge on any atom is 0.0775 e. The van der Waals surface area contributed by atoms with E-state index in [9.17, 15) is 5.11 Å². The summed E-state index contributed by atoms with van der Waals surface area (Å²) in [4.78, 5) is 0. The van der Waals surface area contributed by atoms with Gasteiger partial charge in [0.1, 0.15) is 0 Å². The van der Waals surface area contributed by atoms with Crippen LogP contribution in [0.5, 0.6) is 0 Å². The summed E-state index contributed by atoms with van der Waals surface area (Å²) in [7, 11) is 0. The molecule has 0 amide bonds. The molecule has 2 atom stereocenters. The molecule has 0 aromatic heterocycles. The molecule has 0 spiro atoms. The minimum atomic E-state index is -0.328.